The molecule has 1 aliphatic rings. The molecule has 0 aliphatic carbocycles. The van der Waals surface area contributed by atoms with Gasteiger partial charge in [-0.1, -0.05) is 45.3 Å². The van der Waals surface area contributed by atoms with E-state index in [9.17, 15) is 0 Å². The van der Waals surface area contributed by atoms with Gasteiger partial charge in [0.05, 0.1) is 0 Å². The van der Waals surface area contributed by atoms with Gasteiger partial charge >= 0.3 is 0 Å². The SMILES string of the molecule is CCCCCC1=CCC=C(CCCC)C=N1. The molecule has 0 bridgehead atoms. The van der Waals surface area contributed by atoms with Gasteiger partial charge in [-0.05, 0) is 37.7 Å². The van der Waals surface area contributed by atoms with Gasteiger partial charge in [-0.2, -0.15) is 0 Å². The van der Waals surface area contributed by atoms with Crippen molar-refractivity contribution >= 4 is 6.21 Å². The highest BCUT2D eigenvalue weighted by Gasteiger charge is 2.00. The molecule has 0 saturated carbocycles. The Morgan fingerprint density at radius 2 is 1.81 bits per heavy atom. The Hall–Kier alpha value is -0.850. The summed E-state index contributed by atoms with van der Waals surface area (Å²) in [7, 11) is 0. The molecule has 0 radical (unpaired) electrons. The van der Waals surface area contributed by atoms with Gasteiger partial charge in [-0.25, -0.2) is 0 Å². The first kappa shape index (κ1) is 13.2. The minimum absolute atomic E-state index is 1.07. The third-order valence-electron chi connectivity index (χ3n) is 2.99. The number of rotatable bonds is 7. The van der Waals surface area contributed by atoms with Crippen molar-refractivity contribution in [2.45, 2.75) is 65.2 Å². The van der Waals surface area contributed by atoms with Crippen molar-refractivity contribution in [2.75, 3.05) is 0 Å². The summed E-state index contributed by atoms with van der Waals surface area (Å²) < 4.78 is 0. The standard InChI is InChI=1S/C15H25N/c1-3-5-7-11-15-12-8-10-14(13-16-15)9-6-4-2/h10,12-13H,3-9,11H2,1-2H3. The van der Waals surface area contributed by atoms with Crippen molar-refractivity contribution in [1.29, 1.82) is 0 Å². The van der Waals surface area contributed by atoms with Gasteiger partial charge in [0.2, 0.25) is 0 Å². The summed E-state index contributed by atoms with van der Waals surface area (Å²) in [6.45, 7) is 4.48. The molecule has 0 unspecified atom stereocenters. The summed E-state index contributed by atoms with van der Waals surface area (Å²) in [6.07, 6.45) is 16.5. The van der Waals surface area contributed by atoms with E-state index in [0.717, 1.165) is 12.8 Å². The van der Waals surface area contributed by atoms with Crippen LogP contribution in [0.15, 0.2) is 28.4 Å². The van der Waals surface area contributed by atoms with E-state index in [0.29, 0.717) is 0 Å². The highest BCUT2D eigenvalue weighted by Crippen LogP contribution is 2.16. The van der Waals surface area contributed by atoms with Crippen LogP contribution in [-0.2, 0) is 0 Å². The average Bonchev–Trinajstić information content (AvgIpc) is 2.52. The number of unbranched alkanes of at least 4 members (excludes halogenated alkanes) is 3. The van der Waals surface area contributed by atoms with Crippen molar-refractivity contribution in [3.63, 3.8) is 0 Å². The van der Waals surface area contributed by atoms with Crippen LogP contribution in [0.4, 0.5) is 0 Å². The van der Waals surface area contributed by atoms with Crippen LogP contribution in [0.25, 0.3) is 0 Å². The van der Waals surface area contributed by atoms with E-state index in [-0.39, 0.29) is 0 Å². The normalized spacial score (nSPS) is 15.6. The van der Waals surface area contributed by atoms with Crippen LogP contribution in [0.1, 0.15) is 65.2 Å². The lowest BCUT2D eigenvalue weighted by molar-refractivity contribution is 0.709. The second kappa shape index (κ2) is 8.32. The molecule has 0 N–H and O–H groups in total. The minimum atomic E-state index is 1.07. The van der Waals surface area contributed by atoms with E-state index < -0.39 is 0 Å². The van der Waals surface area contributed by atoms with Crippen molar-refractivity contribution in [1.82, 2.24) is 0 Å². The highest BCUT2D eigenvalue weighted by atomic mass is 14.7. The smallest absolute Gasteiger partial charge is 0.0367 e. The molecule has 0 atom stereocenters. The molecule has 16 heavy (non-hydrogen) atoms. The first-order valence-corrected chi connectivity index (χ1v) is 6.79. The lowest BCUT2D eigenvalue weighted by Gasteiger charge is -2.00. The second-order valence-electron chi connectivity index (χ2n) is 4.53. The van der Waals surface area contributed by atoms with Gasteiger partial charge in [0.25, 0.3) is 0 Å². The largest absolute Gasteiger partial charge is 0.261 e. The molecule has 0 aromatic carbocycles. The number of hydrogen-bond donors (Lipinski definition) is 0. The van der Waals surface area contributed by atoms with Crippen molar-refractivity contribution in [3.05, 3.63) is 23.4 Å². The van der Waals surface area contributed by atoms with Gasteiger partial charge in [-0.3, -0.25) is 4.99 Å². The molecule has 1 nitrogen and oxygen atoms in total. The summed E-state index contributed by atoms with van der Waals surface area (Å²) in [4.78, 5) is 4.60. The summed E-state index contributed by atoms with van der Waals surface area (Å²) in [5, 5.41) is 0. The van der Waals surface area contributed by atoms with Crippen LogP contribution >= 0.6 is 0 Å². The predicted octanol–water partition coefficient (Wildman–Crippen LogP) is 5.04. The number of nitrogens with zero attached hydrogens (tertiary/aromatic N) is 1. The fourth-order valence-corrected chi connectivity index (χ4v) is 1.89. The first-order chi connectivity index (χ1) is 7.86. The Morgan fingerprint density at radius 3 is 2.56 bits per heavy atom. The maximum absolute atomic E-state index is 4.60. The molecule has 0 fully saturated rings. The van der Waals surface area contributed by atoms with Crippen LogP contribution in [0, 0.1) is 0 Å². The Labute approximate surface area is 100 Å². The van der Waals surface area contributed by atoms with E-state index in [1.165, 1.54) is 49.8 Å². The quantitative estimate of drug-likeness (QED) is 0.532. The zero-order chi connectivity index (χ0) is 11.6. The van der Waals surface area contributed by atoms with E-state index in [4.69, 9.17) is 0 Å². The lowest BCUT2D eigenvalue weighted by Crippen LogP contribution is -1.85. The Morgan fingerprint density at radius 1 is 1.00 bits per heavy atom. The molecule has 1 heteroatoms. The Bertz CT molecular complexity index is 271. The molecule has 0 saturated heterocycles. The third-order valence-corrected chi connectivity index (χ3v) is 2.99. The van der Waals surface area contributed by atoms with Gasteiger partial charge < -0.3 is 0 Å². The first-order valence-electron chi connectivity index (χ1n) is 6.79. The maximum Gasteiger partial charge on any atom is 0.0367 e. The molecule has 0 aromatic heterocycles. The molecule has 0 aromatic rings. The topological polar surface area (TPSA) is 12.4 Å². The average molecular weight is 219 g/mol. The summed E-state index contributed by atoms with van der Waals surface area (Å²) in [5.74, 6) is 0. The lowest BCUT2D eigenvalue weighted by atomic mass is 10.1. The number of hydrogen-bond acceptors (Lipinski definition) is 1. The van der Waals surface area contributed by atoms with Crippen LogP contribution < -0.4 is 0 Å². The molecule has 0 spiro atoms. The highest BCUT2D eigenvalue weighted by molar-refractivity contribution is 5.79. The molecule has 0 amide bonds. The van der Waals surface area contributed by atoms with E-state index >= 15 is 0 Å². The van der Waals surface area contributed by atoms with Crippen molar-refractivity contribution in [3.8, 4) is 0 Å². The number of allylic oxidation sites excluding steroid dienone is 4. The predicted molar refractivity (Wildman–Crippen MR) is 72.9 cm³/mol. The maximum atomic E-state index is 4.60. The van der Waals surface area contributed by atoms with Gasteiger partial charge in [-0.15, -0.1) is 0 Å². The Kier molecular flexibility index (Phi) is 6.87. The monoisotopic (exact) mass is 219 g/mol. The summed E-state index contributed by atoms with van der Waals surface area (Å²) in [6, 6.07) is 0. The van der Waals surface area contributed by atoms with Crippen LogP contribution in [0.3, 0.4) is 0 Å². The van der Waals surface area contributed by atoms with E-state index in [1.807, 2.05) is 0 Å². The van der Waals surface area contributed by atoms with Crippen LogP contribution in [-0.4, -0.2) is 6.21 Å². The minimum Gasteiger partial charge on any atom is -0.261 e. The third kappa shape index (κ3) is 5.29. The van der Waals surface area contributed by atoms with Gasteiger partial charge in [0, 0.05) is 11.9 Å². The Balaban J connectivity index is 2.34. The van der Waals surface area contributed by atoms with E-state index in [1.54, 1.807) is 0 Å². The van der Waals surface area contributed by atoms with Crippen LogP contribution in [0.2, 0.25) is 0 Å². The molecular formula is C15H25N. The van der Waals surface area contributed by atoms with E-state index in [2.05, 4.69) is 37.2 Å². The van der Waals surface area contributed by atoms with Gasteiger partial charge in [0.15, 0.2) is 0 Å². The summed E-state index contributed by atoms with van der Waals surface area (Å²) >= 11 is 0. The molecular weight excluding hydrogens is 194 g/mol. The van der Waals surface area contributed by atoms with Crippen molar-refractivity contribution < 1.29 is 0 Å². The fraction of sp³-hybridized carbons (Fsp3) is 0.667. The molecule has 90 valence electrons. The fourth-order valence-electron chi connectivity index (χ4n) is 1.89. The van der Waals surface area contributed by atoms with Crippen LogP contribution in [0.5, 0.6) is 0 Å². The second-order valence-corrected chi connectivity index (χ2v) is 4.53. The zero-order valence-electron chi connectivity index (χ0n) is 10.8. The molecule has 1 heterocycles. The summed E-state index contributed by atoms with van der Waals surface area (Å²) in [5.41, 5.74) is 2.71. The van der Waals surface area contributed by atoms with Gasteiger partial charge in [0.1, 0.15) is 0 Å². The molecule has 1 aliphatic heterocycles. The van der Waals surface area contributed by atoms with Crippen molar-refractivity contribution in [2.24, 2.45) is 4.99 Å². The molecule has 1 rings (SSSR count). The number of aliphatic imine (C=N–C) groups is 1. The zero-order valence-corrected chi connectivity index (χ0v) is 10.8.